The first kappa shape index (κ1) is 25.3. The van der Waals surface area contributed by atoms with Crippen LogP contribution in [-0.4, -0.2) is 59.9 Å². The molecule has 1 aromatic heterocycles. The van der Waals surface area contributed by atoms with E-state index >= 15 is 0 Å². The van der Waals surface area contributed by atoms with Gasteiger partial charge in [-0.25, -0.2) is 0 Å². The molecule has 10 heteroatoms. The van der Waals surface area contributed by atoms with Crippen LogP contribution in [0.15, 0.2) is 24.3 Å². The summed E-state index contributed by atoms with van der Waals surface area (Å²) in [5, 5.41) is 9.04. The van der Waals surface area contributed by atoms with Gasteiger partial charge in [0.25, 0.3) is 5.91 Å². The summed E-state index contributed by atoms with van der Waals surface area (Å²) in [6, 6.07) is 8.11. The van der Waals surface area contributed by atoms with Crippen LogP contribution in [0.2, 0.25) is 0 Å². The molecular weight excluding hydrogens is 476 g/mol. The van der Waals surface area contributed by atoms with E-state index in [2.05, 4.69) is 22.1 Å². The fourth-order valence-electron chi connectivity index (χ4n) is 5.53. The number of carboxylic acids is 1. The number of hydrogen-bond acceptors (Lipinski definition) is 8. The van der Waals surface area contributed by atoms with Gasteiger partial charge in [0.1, 0.15) is 18.0 Å². The van der Waals surface area contributed by atoms with E-state index in [4.69, 9.17) is 25.1 Å². The molecule has 1 saturated heterocycles. The van der Waals surface area contributed by atoms with Crippen molar-refractivity contribution in [2.75, 3.05) is 43.6 Å². The summed E-state index contributed by atoms with van der Waals surface area (Å²) < 4.78 is 17.0. The Morgan fingerprint density at radius 3 is 2.57 bits per heavy atom. The van der Waals surface area contributed by atoms with Crippen molar-refractivity contribution in [3.05, 3.63) is 35.4 Å². The number of nitrogen functional groups attached to an aromatic ring is 1. The summed E-state index contributed by atoms with van der Waals surface area (Å²) in [5.41, 5.74) is 8.30. The normalized spacial score (nSPS) is 24.1. The maximum atomic E-state index is 13.5. The molecular formula is C27H34N4O6. The van der Waals surface area contributed by atoms with Gasteiger partial charge >= 0.3 is 12.0 Å². The molecule has 3 N–H and O–H groups in total. The van der Waals surface area contributed by atoms with Crippen molar-refractivity contribution in [3.8, 4) is 11.9 Å². The molecule has 1 atom stereocenters. The number of carbonyl (C=O) groups excluding carboxylic acids is 1. The van der Waals surface area contributed by atoms with Gasteiger partial charge in [-0.2, -0.15) is 9.97 Å². The molecule has 10 nitrogen and oxygen atoms in total. The molecule has 3 heterocycles. The number of anilines is 2. The molecule has 2 fully saturated rings. The van der Waals surface area contributed by atoms with E-state index in [-0.39, 0.29) is 54.0 Å². The highest BCUT2D eigenvalue weighted by molar-refractivity contribution is 6.10. The number of amides is 1. The Bertz CT molecular complexity index is 1110. The minimum atomic E-state index is -0.718. The van der Waals surface area contributed by atoms with Gasteiger partial charge in [0.15, 0.2) is 0 Å². The minimum Gasteiger partial charge on any atom is -0.481 e. The van der Waals surface area contributed by atoms with Crippen LogP contribution in [0.25, 0.3) is 0 Å². The molecule has 0 spiro atoms. The first-order valence-electron chi connectivity index (χ1n) is 13.1. The van der Waals surface area contributed by atoms with Gasteiger partial charge in [0.05, 0.1) is 19.8 Å². The molecule has 2 aliphatic heterocycles. The third kappa shape index (κ3) is 5.95. The van der Waals surface area contributed by atoms with E-state index in [1.54, 1.807) is 4.90 Å². The van der Waals surface area contributed by atoms with Crippen molar-refractivity contribution in [1.29, 1.82) is 0 Å². The lowest BCUT2D eigenvalue weighted by molar-refractivity contribution is -0.138. The number of ether oxygens (including phenoxy) is 3. The number of benzene rings is 1. The molecule has 3 aliphatic rings. The number of rotatable bonds is 7. The summed E-state index contributed by atoms with van der Waals surface area (Å²) in [7, 11) is 0. The highest BCUT2D eigenvalue weighted by atomic mass is 16.5. The molecule has 1 aromatic carbocycles. The number of fused-ring (bicyclic) bond motifs is 1. The molecule has 2 aromatic rings. The van der Waals surface area contributed by atoms with E-state index in [1.165, 1.54) is 5.56 Å². The standard InChI is InChI=1S/C27H34N4O6/c28-24-23-25(30-27(29-24)37-16-18-2-1-12-35-15-18)36-13-11-31(26(23)34)21-9-7-20(8-10-21)19-5-3-17(4-6-19)14-22(32)33/h7-10,17-19H,1-6,11-16H2,(H,32,33)(H2,28,29,30). The molecule has 1 aliphatic carbocycles. The average molecular weight is 511 g/mol. The van der Waals surface area contributed by atoms with Crippen LogP contribution in [0, 0.1) is 11.8 Å². The van der Waals surface area contributed by atoms with Crippen LogP contribution < -0.4 is 20.1 Å². The van der Waals surface area contributed by atoms with Gasteiger partial charge in [0, 0.05) is 24.6 Å². The number of nitrogens with two attached hydrogens (primary N) is 1. The summed E-state index contributed by atoms with van der Waals surface area (Å²) >= 11 is 0. The number of carbonyl (C=O) groups is 2. The zero-order valence-corrected chi connectivity index (χ0v) is 20.9. The molecule has 198 valence electrons. The topological polar surface area (TPSA) is 137 Å². The lowest BCUT2D eigenvalue weighted by Gasteiger charge is -2.28. The van der Waals surface area contributed by atoms with Crippen LogP contribution in [0.1, 0.15) is 66.8 Å². The molecule has 5 rings (SSSR count). The third-order valence-corrected chi connectivity index (χ3v) is 7.58. The molecule has 0 bridgehead atoms. The van der Waals surface area contributed by atoms with Crippen LogP contribution in [0.3, 0.4) is 0 Å². The van der Waals surface area contributed by atoms with Crippen molar-refractivity contribution in [2.45, 2.75) is 50.9 Å². The number of aliphatic carboxylic acids is 1. The van der Waals surface area contributed by atoms with Gasteiger partial charge in [-0.15, -0.1) is 0 Å². The second-order valence-corrected chi connectivity index (χ2v) is 10.2. The summed E-state index contributed by atoms with van der Waals surface area (Å²) in [5.74, 6) is 0.103. The predicted molar refractivity (Wildman–Crippen MR) is 136 cm³/mol. The van der Waals surface area contributed by atoms with Gasteiger partial charge in [-0.1, -0.05) is 12.1 Å². The highest BCUT2D eigenvalue weighted by Gasteiger charge is 2.31. The monoisotopic (exact) mass is 510 g/mol. The van der Waals surface area contributed by atoms with Crippen molar-refractivity contribution >= 4 is 23.4 Å². The van der Waals surface area contributed by atoms with Gasteiger partial charge < -0.3 is 30.0 Å². The van der Waals surface area contributed by atoms with Crippen molar-refractivity contribution in [1.82, 2.24) is 9.97 Å². The Balaban J connectivity index is 1.25. The van der Waals surface area contributed by atoms with Crippen LogP contribution in [0.4, 0.5) is 11.5 Å². The van der Waals surface area contributed by atoms with Gasteiger partial charge in [-0.3, -0.25) is 9.59 Å². The lowest BCUT2D eigenvalue weighted by Crippen LogP contribution is -2.32. The predicted octanol–water partition coefficient (Wildman–Crippen LogP) is 3.65. The maximum Gasteiger partial charge on any atom is 0.321 e. The van der Waals surface area contributed by atoms with Crippen LogP contribution in [-0.2, 0) is 9.53 Å². The maximum absolute atomic E-state index is 13.5. The van der Waals surface area contributed by atoms with E-state index in [1.807, 2.05) is 12.1 Å². The number of carboxylic acid groups (broad SMARTS) is 1. The van der Waals surface area contributed by atoms with Gasteiger partial charge in [0.2, 0.25) is 5.88 Å². The number of aromatic nitrogens is 2. The summed E-state index contributed by atoms with van der Waals surface area (Å²) in [4.78, 5) is 34.7. The fourth-order valence-corrected chi connectivity index (χ4v) is 5.53. The molecule has 37 heavy (non-hydrogen) atoms. The van der Waals surface area contributed by atoms with E-state index in [0.29, 0.717) is 25.7 Å². The van der Waals surface area contributed by atoms with Crippen LogP contribution in [0.5, 0.6) is 11.9 Å². The second kappa shape index (κ2) is 11.3. The zero-order chi connectivity index (χ0) is 25.8. The van der Waals surface area contributed by atoms with Crippen molar-refractivity contribution in [2.24, 2.45) is 11.8 Å². The lowest BCUT2D eigenvalue weighted by atomic mass is 9.77. The molecule has 1 unspecified atom stereocenters. The summed E-state index contributed by atoms with van der Waals surface area (Å²) in [6.45, 7) is 2.47. The largest absolute Gasteiger partial charge is 0.481 e. The second-order valence-electron chi connectivity index (χ2n) is 10.2. The Kier molecular flexibility index (Phi) is 7.73. The summed E-state index contributed by atoms with van der Waals surface area (Å²) in [6.07, 6.45) is 6.09. The van der Waals surface area contributed by atoms with Crippen molar-refractivity contribution in [3.63, 3.8) is 0 Å². The Morgan fingerprint density at radius 1 is 1.08 bits per heavy atom. The van der Waals surface area contributed by atoms with E-state index in [0.717, 1.165) is 50.8 Å². The van der Waals surface area contributed by atoms with Crippen LogP contribution >= 0.6 is 0 Å². The Hall–Kier alpha value is -3.40. The smallest absolute Gasteiger partial charge is 0.321 e. The van der Waals surface area contributed by atoms with E-state index < -0.39 is 5.97 Å². The Labute approximate surface area is 216 Å². The fraction of sp³-hybridized carbons (Fsp3) is 0.556. The number of nitrogens with zero attached hydrogens (tertiary/aromatic N) is 3. The SMILES string of the molecule is Nc1nc(OCC2CCCOC2)nc2c1C(=O)N(c1ccc(C3CCC(CC(=O)O)CC3)cc1)CCO2. The zero-order valence-electron chi connectivity index (χ0n) is 20.9. The molecule has 1 saturated carbocycles. The van der Waals surface area contributed by atoms with E-state index in [9.17, 15) is 9.59 Å². The first-order chi connectivity index (χ1) is 18.0. The molecule has 0 radical (unpaired) electrons. The average Bonchev–Trinajstić information content (AvgIpc) is 3.07. The van der Waals surface area contributed by atoms with Gasteiger partial charge in [-0.05, 0) is 68.1 Å². The number of hydrogen-bond donors (Lipinski definition) is 2. The molecule has 1 amide bonds. The Morgan fingerprint density at radius 2 is 1.86 bits per heavy atom. The highest BCUT2D eigenvalue weighted by Crippen LogP contribution is 2.38. The quantitative estimate of drug-likeness (QED) is 0.572. The minimum absolute atomic E-state index is 0.0338. The van der Waals surface area contributed by atoms with Crippen molar-refractivity contribution < 1.29 is 28.9 Å². The third-order valence-electron chi connectivity index (χ3n) is 7.58. The first-order valence-corrected chi connectivity index (χ1v) is 13.1.